The maximum Gasteiger partial charge on any atom is 0.0662 e. The summed E-state index contributed by atoms with van der Waals surface area (Å²) in [6, 6.07) is 0.586. The summed E-state index contributed by atoms with van der Waals surface area (Å²) in [5.41, 5.74) is 0. The van der Waals surface area contributed by atoms with Crippen LogP contribution in [0.4, 0.5) is 0 Å². The number of hydrogen-bond donors (Lipinski definition) is 2. The van der Waals surface area contributed by atoms with Crippen LogP contribution in [0.5, 0.6) is 0 Å². The fraction of sp³-hybridized carbons (Fsp3) is 1.00. The van der Waals surface area contributed by atoms with E-state index in [0.717, 1.165) is 25.8 Å². The zero-order valence-electron chi connectivity index (χ0n) is 9.33. The lowest BCUT2D eigenvalue weighted by molar-refractivity contribution is 0.0602. The van der Waals surface area contributed by atoms with Crippen molar-refractivity contribution in [3.05, 3.63) is 0 Å². The lowest BCUT2D eigenvalue weighted by Crippen LogP contribution is -2.39. The summed E-state index contributed by atoms with van der Waals surface area (Å²) in [5.74, 6) is 0. The molecule has 3 nitrogen and oxygen atoms in total. The van der Waals surface area contributed by atoms with Crippen LogP contribution in [0, 0.1) is 0 Å². The fourth-order valence-corrected chi connectivity index (χ4v) is 1.95. The zero-order valence-corrected chi connectivity index (χ0v) is 9.33. The topological polar surface area (TPSA) is 41.5 Å². The van der Waals surface area contributed by atoms with Gasteiger partial charge in [0.15, 0.2) is 0 Å². The summed E-state index contributed by atoms with van der Waals surface area (Å²) in [6.45, 7) is 2.74. The van der Waals surface area contributed by atoms with Gasteiger partial charge in [0.25, 0.3) is 0 Å². The molecule has 0 aromatic carbocycles. The molecule has 0 aromatic heterocycles. The molecular weight excluding hydrogens is 178 g/mol. The first-order valence-corrected chi connectivity index (χ1v) is 5.70. The standard InChI is InChI=1S/C11H23NO2/c1-3-10(13)8-12-9-4-6-11(14-2)7-5-9/h9-13H,3-8H2,1-2H3. The van der Waals surface area contributed by atoms with Crippen molar-refractivity contribution in [3.8, 4) is 0 Å². The molecule has 0 saturated heterocycles. The number of ether oxygens (including phenoxy) is 1. The van der Waals surface area contributed by atoms with Crippen molar-refractivity contribution >= 4 is 0 Å². The maximum absolute atomic E-state index is 9.40. The average Bonchev–Trinajstić information content (AvgIpc) is 2.26. The highest BCUT2D eigenvalue weighted by Gasteiger charge is 2.20. The molecule has 1 atom stereocenters. The Labute approximate surface area is 86.8 Å². The van der Waals surface area contributed by atoms with Gasteiger partial charge < -0.3 is 15.2 Å². The van der Waals surface area contributed by atoms with Gasteiger partial charge in [-0.3, -0.25) is 0 Å². The van der Waals surface area contributed by atoms with Crippen LogP contribution in [0.25, 0.3) is 0 Å². The molecule has 1 fully saturated rings. The summed E-state index contributed by atoms with van der Waals surface area (Å²) in [6.07, 6.45) is 5.76. The molecule has 1 saturated carbocycles. The highest BCUT2D eigenvalue weighted by Crippen LogP contribution is 2.20. The molecule has 84 valence electrons. The van der Waals surface area contributed by atoms with Crippen molar-refractivity contribution in [1.82, 2.24) is 5.32 Å². The molecule has 0 bridgehead atoms. The Morgan fingerprint density at radius 3 is 2.50 bits per heavy atom. The first-order chi connectivity index (χ1) is 6.76. The van der Waals surface area contributed by atoms with Crippen LogP contribution in [0.2, 0.25) is 0 Å². The fourth-order valence-electron chi connectivity index (χ4n) is 1.95. The minimum atomic E-state index is -0.185. The second-order valence-corrected chi connectivity index (χ2v) is 4.18. The lowest BCUT2D eigenvalue weighted by atomic mass is 9.93. The molecule has 0 radical (unpaired) electrons. The van der Waals surface area contributed by atoms with Gasteiger partial charge in [-0.2, -0.15) is 0 Å². The van der Waals surface area contributed by atoms with Crippen LogP contribution < -0.4 is 5.32 Å². The number of aliphatic hydroxyl groups is 1. The Bertz CT molecular complexity index is 144. The van der Waals surface area contributed by atoms with Crippen molar-refractivity contribution in [2.24, 2.45) is 0 Å². The van der Waals surface area contributed by atoms with E-state index in [0.29, 0.717) is 12.1 Å². The second-order valence-electron chi connectivity index (χ2n) is 4.18. The Kier molecular flexibility index (Phi) is 5.45. The molecule has 0 aliphatic heterocycles. The van der Waals surface area contributed by atoms with Crippen molar-refractivity contribution < 1.29 is 9.84 Å². The molecule has 0 spiro atoms. The minimum Gasteiger partial charge on any atom is -0.392 e. The monoisotopic (exact) mass is 201 g/mol. The van der Waals surface area contributed by atoms with Gasteiger partial charge in [0.2, 0.25) is 0 Å². The van der Waals surface area contributed by atoms with Crippen LogP contribution in [0.1, 0.15) is 39.0 Å². The van der Waals surface area contributed by atoms with Gasteiger partial charge >= 0.3 is 0 Å². The molecule has 1 rings (SSSR count). The Balaban J connectivity index is 2.10. The Morgan fingerprint density at radius 2 is 2.00 bits per heavy atom. The molecular formula is C11H23NO2. The normalized spacial score (nSPS) is 30.2. The van der Waals surface area contributed by atoms with E-state index in [4.69, 9.17) is 4.74 Å². The van der Waals surface area contributed by atoms with Crippen LogP contribution in [-0.2, 0) is 4.74 Å². The summed E-state index contributed by atoms with van der Waals surface area (Å²) in [7, 11) is 1.79. The van der Waals surface area contributed by atoms with E-state index in [1.165, 1.54) is 12.8 Å². The molecule has 2 N–H and O–H groups in total. The molecule has 14 heavy (non-hydrogen) atoms. The van der Waals surface area contributed by atoms with E-state index < -0.39 is 0 Å². The quantitative estimate of drug-likeness (QED) is 0.704. The molecule has 1 aliphatic rings. The number of methoxy groups -OCH3 is 1. The van der Waals surface area contributed by atoms with Gasteiger partial charge in [0.1, 0.15) is 0 Å². The number of nitrogens with one attached hydrogen (secondary N) is 1. The maximum atomic E-state index is 9.40. The summed E-state index contributed by atoms with van der Waals surface area (Å²) in [4.78, 5) is 0. The van der Waals surface area contributed by atoms with Gasteiger partial charge in [-0.15, -0.1) is 0 Å². The Morgan fingerprint density at radius 1 is 1.36 bits per heavy atom. The van der Waals surface area contributed by atoms with Crippen molar-refractivity contribution in [2.75, 3.05) is 13.7 Å². The third kappa shape index (κ3) is 3.95. The first-order valence-electron chi connectivity index (χ1n) is 5.70. The minimum absolute atomic E-state index is 0.185. The molecule has 1 unspecified atom stereocenters. The van der Waals surface area contributed by atoms with Gasteiger partial charge in [-0.1, -0.05) is 6.92 Å². The van der Waals surface area contributed by atoms with Crippen LogP contribution >= 0.6 is 0 Å². The predicted molar refractivity (Wildman–Crippen MR) is 57.4 cm³/mol. The van der Waals surface area contributed by atoms with Crippen LogP contribution in [-0.4, -0.2) is 37.0 Å². The summed E-state index contributed by atoms with van der Waals surface area (Å²) >= 11 is 0. The van der Waals surface area contributed by atoms with Crippen molar-refractivity contribution in [1.29, 1.82) is 0 Å². The summed E-state index contributed by atoms with van der Waals surface area (Å²) in [5, 5.41) is 12.8. The van der Waals surface area contributed by atoms with Gasteiger partial charge in [-0.25, -0.2) is 0 Å². The third-order valence-electron chi connectivity index (χ3n) is 3.12. The molecule has 0 amide bonds. The van der Waals surface area contributed by atoms with E-state index in [-0.39, 0.29) is 6.10 Å². The van der Waals surface area contributed by atoms with Crippen molar-refractivity contribution in [3.63, 3.8) is 0 Å². The highest BCUT2D eigenvalue weighted by molar-refractivity contribution is 4.78. The molecule has 3 heteroatoms. The summed E-state index contributed by atoms with van der Waals surface area (Å²) < 4.78 is 5.31. The van der Waals surface area contributed by atoms with Gasteiger partial charge in [-0.05, 0) is 32.1 Å². The largest absolute Gasteiger partial charge is 0.392 e. The van der Waals surface area contributed by atoms with Crippen molar-refractivity contribution in [2.45, 2.75) is 57.3 Å². The lowest BCUT2D eigenvalue weighted by Gasteiger charge is -2.28. The van der Waals surface area contributed by atoms with Crippen LogP contribution in [0.15, 0.2) is 0 Å². The Hall–Kier alpha value is -0.120. The smallest absolute Gasteiger partial charge is 0.0662 e. The number of hydrogen-bond acceptors (Lipinski definition) is 3. The van der Waals surface area contributed by atoms with Crippen LogP contribution in [0.3, 0.4) is 0 Å². The average molecular weight is 201 g/mol. The van der Waals surface area contributed by atoms with E-state index in [1.807, 2.05) is 6.92 Å². The molecule has 0 heterocycles. The molecule has 1 aliphatic carbocycles. The number of rotatable bonds is 5. The SMILES string of the molecule is CCC(O)CNC1CCC(OC)CC1. The van der Waals surface area contributed by atoms with E-state index >= 15 is 0 Å². The van der Waals surface area contributed by atoms with E-state index in [9.17, 15) is 5.11 Å². The highest BCUT2D eigenvalue weighted by atomic mass is 16.5. The zero-order chi connectivity index (χ0) is 10.4. The first kappa shape index (κ1) is 12.0. The number of aliphatic hydroxyl groups excluding tert-OH is 1. The van der Waals surface area contributed by atoms with Gasteiger partial charge in [0, 0.05) is 19.7 Å². The predicted octanol–water partition coefficient (Wildman–Crippen LogP) is 1.30. The molecule has 0 aromatic rings. The van der Waals surface area contributed by atoms with Gasteiger partial charge in [0.05, 0.1) is 12.2 Å². The van der Waals surface area contributed by atoms with E-state index in [2.05, 4.69) is 5.32 Å². The third-order valence-corrected chi connectivity index (χ3v) is 3.12. The van der Waals surface area contributed by atoms with E-state index in [1.54, 1.807) is 7.11 Å². The second kappa shape index (κ2) is 6.38.